The van der Waals surface area contributed by atoms with E-state index in [0.717, 1.165) is 35.8 Å². The molecule has 0 unspecified atom stereocenters. The lowest BCUT2D eigenvalue weighted by Gasteiger charge is -2.22. The molecular weight excluding hydrogens is 390 g/mol. The number of hydrogen-bond acceptors (Lipinski definition) is 4. The van der Waals surface area contributed by atoms with Crippen LogP contribution in [-0.4, -0.2) is 34.6 Å². The van der Waals surface area contributed by atoms with E-state index in [4.69, 9.17) is 4.74 Å². The molecule has 2 aromatic rings. The number of hydrogen-bond donors (Lipinski definition) is 2. The lowest BCUT2D eigenvalue weighted by molar-refractivity contribution is -0.225. The van der Waals surface area contributed by atoms with Crippen molar-refractivity contribution < 1.29 is 28.5 Å². The molecular formula is C24H26F2O4. The Morgan fingerprint density at radius 3 is 2.70 bits per heavy atom. The van der Waals surface area contributed by atoms with Gasteiger partial charge in [0.05, 0.1) is 6.10 Å². The first-order valence-corrected chi connectivity index (χ1v) is 10.4. The third-order valence-electron chi connectivity index (χ3n) is 5.87. The number of aliphatic hydroxyl groups excluding tert-OH is 2. The molecule has 2 aliphatic rings. The van der Waals surface area contributed by atoms with Crippen LogP contribution in [0.4, 0.5) is 8.78 Å². The third kappa shape index (κ3) is 3.94. The number of halogens is 2. The van der Waals surface area contributed by atoms with Crippen molar-refractivity contribution in [2.45, 2.75) is 56.5 Å². The van der Waals surface area contributed by atoms with E-state index in [1.807, 2.05) is 18.2 Å². The van der Waals surface area contributed by atoms with E-state index < -0.39 is 24.2 Å². The first-order chi connectivity index (χ1) is 14.4. The Bertz CT molecular complexity index is 899. The van der Waals surface area contributed by atoms with Crippen molar-refractivity contribution >= 4 is 0 Å². The highest BCUT2D eigenvalue weighted by atomic mass is 19.3. The van der Waals surface area contributed by atoms with Crippen LogP contribution < -0.4 is 9.47 Å². The topological polar surface area (TPSA) is 58.9 Å². The molecule has 160 valence electrons. The quantitative estimate of drug-likeness (QED) is 0.655. The van der Waals surface area contributed by atoms with Crippen LogP contribution in [0.3, 0.4) is 0 Å². The maximum Gasteiger partial charge on any atom is 0.428 e. The van der Waals surface area contributed by atoms with Gasteiger partial charge in [0.25, 0.3) is 0 Å². The molecule has 4 rings (SSSR count). The Morgan fingerprint density at radius 2 is 1.97 bits per heavy atom. The smallest absolute Gasteiger partial charge is 0.428 e. The average molecular weight is 416 g/mol. The molecule has 6 heteroatoms. The van der Waals surface area contributed by atoms with Crippen molar-refractivity contribution in [2.24, 2.45) is 5.92 Å². The summed E-state index contributed by atoms with van der Waals surface area (Å²) in [4.78, 5) is 0. The molecule has 0 spiro atoms. The predicted octanol–water partition coefficient (Wildman–Crippen LogP) is 4.45. The van der Waals surface area contributed by atoms with Crippen molar-refractivity contribution in [1.29, 1.82) is 0 Å². The molecule has 0 amide bonds. The van der Waals surface area contributed by atoms with Gasteiger partial charge < -0.3 is 19.7 Å². The maximum atomic E-state index is 14.3. The van der Waals surface area contributed by atoms with E-state index in [-0.39, 0.29) is 17.8 Å². The first kappa shape index (κ1) is 20.8. The maximum absolute atomic E-state index is 14.3. The Labute approximate surface area is 174 Å². The molecule has 4 nitrogen and oxygen atoms in total. The molecule has 1 fully saturated rings. The third-order valence-corrected chi connectivity index (χ3v) is 5.87. The van der Waals surface area contributed by atoms with Gasteiger partial charge in [-0.2, -0.15) is 8.78 Å². The Kier molecular flexibility index (Phi) is 5.80. The fraction of sp³-hybridized carbons (Fsp3) is 0.417. The van der Waals surface area contributed by atoms with Crippen molar-refractivity contribution in [3.8, 4) is 11.5 Å². The molecule has 0 radical (unpaired) electrons. The van der Waals surface area contributed by atoms with Gasteiger partial charge in [-0.3, -0.25) is 0 Å². The van der Waals surface area contributed by atoms with Crippen LogP contribution in [-0.2, 0) is 6.42 Å². The molecule has 5 atom stereocenters. The summed E-state index contributed by atoms with van der Waals surface area (Å²) in [6.45, 7) is 2.10. The van der Waals surface area contributed by atoms with E-state index in [9.17, 15) is 19.0 Å². The van der Waals surface area contributed by atoms with Crippen LogP contribution in [0.5, 0.6) is 11.5 Å². The number of aliphatic hydroxyl groups is 2. The number of para-hydroxylation sites is 2. The highest BCUT2D eigenvalue weighted by molar-refractivity contribution is 5.49. The summed E-state index contributed by atoms with van der Waals surface area (Å²) < 4.78 is 39.4. The highest BCUT2D eigenvalue weighted by Crippen LogP contribution is 2.52. The summed E-state index contributed by atoms with van der Waals surface area (Å²) in [7, 11) is 0. The van der Waals surface area contributed by atoms with Crippen LogP contribution in [0, 0.1) is 5.92 Å². The Balaban J connectivity index is 1.52. The van der Waals surface area contributed by atoms with E-state index in [1.165, 1.54) is 18.2 Å². The molecule has 0 bridgehead atoms. The van der Waals surface area contributed by atoms with Gasteiger partial charge in [0.1, 0.15) is 17.6 Å². The van der Waals surface area contributed by atoms with Gasteiger partial charge in [0, 0.05) is 23.8 Å². The number of fused-ring (bicyclic) bond motifs is 3. The van der Waals surface area contributed by atoms with Crippen LogP contribution in [0.25, 0.3) is 0 Å². The van der Waals surface area contributed by atoms with Crippen LogP contribution in [0.15, 0.2) is 60.7 Å². The molecule has 2 N–H and O–H groups in total. The summed E-state index contributed by atoms with van der Waals surface area (Å²) in [5.41, 5.74) is 2.13. The second-order valence-electron chi connectivity index (χ2n) is 7.95. The van der Waals surface area contributed by atoms with Crippen molar-refractivity contribution in [1.82, 2.24) is 0 Å². The molecule has 2 aromatic carbocycles. The molecule has 1 aliphatic carbocycles. The van der Waals surface area contributed by atoms with Gasteiger partial charge in [-0.1, -0.05) is 55.8 Å². The van der Waals surface area contributed by atoms with Crippen molar-refractivity contribution in [3.63, 3.8) is 0 Å². The van der Waals surface area contributed by atoms with Gasteiger partial charge in [-0.05, 0) is 30.2 Å². The fourth-order valence-corrected chi connectivity index (χ4v) is 4.49. The summed E-state index contributed by atoms with van der Waals surface area (Å²) in [5, 5.41) is 20.6. The first-order valence-electron chi connectivity index (χ1n) is 10.4. The van der Waals surface area contributed by atoms with Crippen molar-refractivity contribution in [3.05, 3.63) is 71.8 Å². The minimum atomic E-state index is -3.79. The average Bonchev–Trinajstić information content (AvgIpc) is 3.22. The molecule has 30 heavy (non-hydrogen) atoms. The summed E-state index contributed by atoms with van der Waals surface area (Å²) in [6, 6.07) is 13.6. The minimum absolute atomic E-state index is 0.0301. The standard InChI is InChI=1S/C24H26F2O4/c1-2-7-15-8-6-11-18-22-17(19(27)14-20(22)29-23(15)18)12-13-21(28)24(25,26)30-16-9-4-3-5-10-16/h3-6,8-13,17,19-22,27-28H,2,7,14H2,1H3/b13-12+/t17-,19+,20-,21-,22-/m0/s1. The monoisotopic (exact) mass is 416 g/mol. The lowest BCUT2D eigenvalue weighted by atomic mass is 9.86. The zero-order valence-corrected chi connectivity index (χ0v) is 16.7. The number of alkyl halides is 2. The predicted molar refractivity (Wildman–Crippen MR) is 109 cm³/mol. The number of ether oxygens (including phenoxy) is 2. The second kappa shape index (κ2) is 8.36. The minimum Gasteiger partial charge on any atom is -0.489 e. The fourth-order valence-electron chi connectivity index (χ4n) is 4.49. The Morgan fingerprint density at radius 1 is 1.20 bits per heavy atom. The van der Waals surface area contributed by atoms with Crippen molar-refractivity contribution in [2.75, 3.05) is 0 Å². The number of aryl methyl sites for hydroxylation is 1. The normalized spacial score (nSPS) is 26.3. The summed E-state index contributed by atoms with van der Waals surface area (Å²) in [6.07, 6.45) is -2.04. The molecule has 0 saturated heterocycles. The lowest BCUT2D eigenvalue weighted by Crippen LogP contribution is -2.38. The van der Waals surface area contributed by atoms with Crippen LogP contribution in [0.1, 0.15) is 36.8 Å². The SMILES string of the molecule is CCCc1cccc2c1O[C@H]1C[C@@H](O)[C@H](/C=C/[C@H](O)C(F)(F)Oc3ccccc3)[C@@H]21. The zero-order valence-electron chi connectivity index (χ0n) is 16.7. The highest BCUT2D eigenvalue weighted by Gasteiger charge is 2.49. The summed E-state index contributed by atoms with van der Waals surface area (Å²) >= 11 is 0. The van der Waals surface area contributed by atoms with Crippen LogP contribution >= 0.6 is 0 Å². The van der Waals surface area contributed by atoms with E-state index >= 15 is 0 Å². The van der Waals surface area contributed by atoms with Gasteiger partial charge in [0.2, 0.25) is 0 Å². The second-order valence-corrected chi connectivity index (χ2v) is 7.95. The molecule has 1 heterocycles. The van der Waals surface area contributed by atoms with E-state index in [2.05, 4.69) is 11.7 Å². The zero-order chi connectivity index (χ0) is 21.3. The van der Waals surface area contributed by atoms with E-state index in [1.54, 1.807) is 18.2 Å². The molecule has 1 saturated carbocycles. The van der Waals surface area contributed by atoms with Gasteiger partial charge in [-0.25, -0.2) is 0 Å². The molecule has 0 aromatic heterocycles. The Hall–Kier alpha value is -2.44. The number of benzene rings is 2. The number of rotatable bonds is 7. The van der Waals surface area contributed by atoms with Gasteiger partial charge in [0.15, 0.2) is 6.10 Å². The molecule has 1 aliphatic heterocycles. The van der Waals surface area contributed by atoms with E-state index in [0.29, 0.717) is 6.42 Å². The van der Waals surface area contributed by atoms with Gasteiger partial charge >= 0.3 is 6.11 Å². The summed E-state index contributed by atoms with van der Waals surface area (Å²) in [5.74, 6) is 0.282. The largest absolute Gasteiger partial charge is 0.489 e. The van der Waals surface area contributed by atoms with Crippen LogP contribution in [0.2, 0.25) is 0 Å². The van der Waals surface area contributed by atoms with Gasteiger partial charge in [-0.15, -0.1) is 0 Å².